The second-order valence-electron chi connectivity index (χ2n) is 8.03. The summed E-state index contributed by atoms with van der Waals surface area (Å²) in [5.41, 5.74) is 4.73. The summed E-state index contributed by atoms with van der Waals surface area (Å²) < 4.78 is 5.42. The molecule has 30 heavy (non-hydrogen) atoms. The number of aryl methyl sites for hydroxylation is 2. The molecular formula is C24H32ClN3O2. The molecule has 2 aromatic rings. The summed E-state index contributed by atoms with van der Waals surface area (Å²) in [6, 6.07) is 12.2. The van der Waals surface area contributed by atoms with Crippen molar-refractivity contribution < 1.29 is 9.53 Å². The van der Waals surface area contributed by atoms with Gasteiger partial charge in [-0.25, -0.2) is 0 Å². The quantitative estimate of drug-likeness (QED) is 0.669. The van der Waals surface area contributed by atoms with Crippen molar-refractivity contribution in [2.24, 2.45) is 0 Å². The fourth-order valence-corrected chi connectivity index (χ4v) is 4.39. The van der Waals surface area contributed by atoms with E-state index < -0.39 is 0 Å². The molecule has 0 bridgehead atoms. The second kappa shape index (κ2) is 10.3. The van der Waals surface area contributed by atoms with Crippen molar-refractivity contribution in [3.8, 4) is 5.75 Å². The molecule has 0 radical (unpaired) electrons. The van der Waals surface area contributed by atoms with E-state index in [0.717, 1.165) is 41.4 Å². The molecule has 0 saturated carbocycles. The van der Waals surface area contributed by atoms with Gasteiger partial charge in [-0.3, -0.25) is 9.69 Å². The molecule has 3 rings (SSSR count). The number of benzene rings is 2. The molecule has 0 aliphatic carbocycles. The van der Waals surface area contributed by atoms with Crippen LogP contribution in [0.2, 0.25) is 5.02 Å². The molecule has 162 valence electrons. The van der Waals surface area contributed by atoms with E-state index in [0.29, 0.717) is 13.1 Å². The van der Waals surface area contributed by atoms with Gasteiger partial charge in [0, 0.05) is 37.2 Å². The average molecular weight is 430 g/mol. The van der Waals surface area contributed by atoms with Crippen LogP contribution in [-0.2, 0) is 17.9 Å². The van der Waals surface area contributed by atoms with Gasteiger partial charge in [-0.2, -0.15) is 0 Å². The van der Waals surface area contributed by atoms with Gasteiger partial charge in [-0.1, -0.05) is 29.8 Å². The predicted octanol–water partition coefficient (Wildman–Crippen LogP) is 3.83. The predicted molar refractivity (Wildman–Crippen MR) is 122 cm³/mol. The number of nitrogens with one attached hydrogen (secondary N) is 2. The number of likely N-dealkylation sites (tertiary alicyclic amines) is 1. The van der Waals surface area contributed by atoms with E-state index in [9.17, 15) is 4.79 Å². The minimum absolute atomic E-state index is 0.0975. The fourth-order valence-electron chi connectivity index (χ4n) is 4.17. The molecule has 6 heteroatoms. The van der Waals surface area contributed by atoms with Gasteiger partial charge in [0.05, 0.1) is 13.2 Å². The SMILES string of the molecule is CCNC(=O)[C@@H]1C[C@@H](NCc2cc(C)c(OC)cc2C)CN1Cc1cccc(Cl)c1. The summed E-state index contributed by atoms with van der Waals surface area (Å²) >= 11 is 6.16. The Morgan fingerprint density at radius 1 is 1.23 bits per heavy atom. The zero-order chi connectivity index (χ0) is 21.7. The maximum Gasteiger partial charge on any atom is 0.237 e. The lowest BCUT2D eigenvalue weighted by atomic mass is 10.0. The van der Waals surface area contributed by atoms with Crippen molar-refractivity contribution in [3.05, 3.63) is 63.7 Å². The first kappa shape index (κ1) is 22.6. The fraction of sp³-hybridized carbons (Fsp3) is 0.458. The largest absolute Gasteiger partial charge is 0.496 e. The van der Waals surface area contributed by atoms with E-state index >= 15 is 0 Å². The van der Waals surface area contributed by atoms with Crippen molar-refractivity contribution in [2.45, 2.75) is 52.4 Å². The van der Waals surface area contributed by atoms with Crippen molar-refractivity contribution in [3.63, 3.8) is 0 Å². The number of hydrogen-bond acceptors (Lipinski definition) is 4. The van der Waals surface area contributed by atoms with E-state index in [-0.39, 0.29) is 18.0 Å². The Kier molecular flexibility index (Phi) is 7.75. The Bertz CT molecular complexity index is 887. The number of ether oxygens (including phenoxy) is 1. The third-order valence-corrected chi connectivity index (χ3v) is 6.00. The Morgan fingerprint density at radius 2 is 2.03 bits per heavy atom. The summed E-state index contributed by atoms with van der Waals surface area (Å²) in [5, 5.41) is 7.38. The highest BCUT2D eigenvalue weighted by Gasteiger charge is 2.36. The summed E-state index contributed by atoms with van der Waals surface area (Å²) in [6.07, 6.45) is 0.792. The lowest BCUT2D eigenvalue weighted by molar-refractivity contribution is -0.125. The molecular weight excluding hydrogens is 398 g/mol. The molecule has 0 unspecified atom stereocenters. The van der Waals surface area contributed by atoms with Crippen LogP contribution in [0.25, 0.3) is 0 Å². The van der Waals surface area contributed by atoms with Crippen LogP contribution in [-0.4, -0.2) is 43.1 Å². The van der Waals surface area contributed by atoms with Crippen LogP contribution in [0.4, 0.5) is 0 Å². The number of hydrogen-bond donors (Lipinski definition) is 2. The number of carbonyl (C=O) groups is 1. The van der Waals surface area contributed by atoms with Crippen molar-refractivity contribution in [2.75, 3.05) is 20.2 Å². The Morgan fingerprint density at radius 3 is 2.73 bits per heavy atom. The second-order valence-corrected chi connectivity index (χ2v) is 8.47. The molecule has 1 fully saturated rings. The standard InChI is InChI=1S/C24H32ClN3O2/c1-5-26-24(29)22-12-21(15-28(22)14-18-7-6-8-20(25)11-18)27-13-19-9-17(3)23(30-4)10-16(19)2/h6-11,21-22,27H,5,12-15H2,1-4H3,(H,26,29)/t21-,22+/m1/s1. The minimum atomic E-state index is -0.139. The monoisotopic (exact) mass is 429 g/mol. The van der Waals surface area contributed by atoms with E-state index in [2.05, 4.69) is 47.6 Å². The van der Waals surface area contributed by atoms with Crippen LogP contribution in [0.5, 0.6) is 5.75 Å². The molecule has 2 aromatic carbocycles. The van der Waals surface area contributed by atoms with Gasteiger partial charge in [-0.15, -0.1) is 0 Å². The smallest absolute Gasteiger partial charge is 0.237 e. The molecule has 1 aliphatic heterocycles. The Hall–Kier alpha value is -2.08. The van der Waals surface area contributed by atoms with Gasteiger partial charge >= 0.3 is 0 Å². The zero-order valence-corrected chi connectivity index (χ0v) is 19.1. The number of halogens is 1. The molecule has 5 nitrogen and oxygen atoms in total. The van der Waals surface area contributed by atoms with Crippen LogP contribution in [0.1, 0.15) is 35.6 Å². The van der Waals surface area contributed by atoms with Crippen molar-refractivity contribution in [1.29, 1.82) is 0 Å². The van der Waals surface area contributed by atoms with Crippen molar-refractivity contribution in [1.82, 2.24) is 15.5 Å². The van der Waals surface area contributed by atoms with Gasteiger partial charge in [0.2, 0.25) is 5.91 Å². The van der Waals surface area contributed by atoms with E-state index in [1.54, 1.807) is 7.11 Å². The van der Waals surface area contributed by atoms with Crippen LogP contribution >= 0.6 is 11.6 Å². The molecule has 0 spiro atoms. The normalized spacial score (nSPS) is 19.1. The van der Waals surface area contributed by atoms with Gasteiger partial charge in [0.1, 0.15) is 5.75 Å². The average Bonchev–Trinajstić information content (AvgIpc) is 3.11. The number of carbonyl (C=O) groups excluding carboxylic acids is 1. The summed E-state index contributed by atoms with van der Waals surface area (Å²) in [4.78, 5) is 14.9. The Balaban J connectivity index is 1.69. The number of nitrogens with zero attached hydrogens (tertiary/aromatic N) is 1. The molecule has 2 N–H and O–H groups in total. The number of methoxy groups -OCH3 is 1. The van der Waals surface area contributed by atoms with E-state index in [1.807, 2.05) is 25.1 Å². The summed E-state index contributed by atoms with van der Waals surface area (Å²) in [5.74, 6) is 1.02. The van der Waals surface area contributed by atoms with Gasteiger partial charge < -0.3 is 15.4 Å². The molecule has 2 atom stereocenters. The van der Waals surface area contributed by atoms with Gasteiger partial charge in [0.15, 0.2) is 0 Å². The molecule has 1 heterocycles. The van der Waals surface area contributed by atoms with Gasteiger partial charge in [-0.05, 0) is 67.6 Å². The highest BCUT2D eigenvalue weighted by atomic mass is 35.5. The van der Waals surface area contributed by atoms with Crippen LogP contribution in [0.3, 0.4) is 0 Å². The lowest BCUT2D eigenvalue weighted by Gasteiger charge is -2.23. The number of rotatable bonds is 8. The number of amides is 1. The summed E-state index contributed by atoms with van der Waals surface area (Å²) in [6.45, 7) is 9.07. The molecule has 1 aliphatic rings. The lowest BCUT2D eigenvalue weighted by Crippen LogP contribution is -2.42. The minimum Gasteiger partial charge on any atom is -0.496 e. The van der Waals surface area contributed by atoms with E-state index in [4.69, 9.17) is 16.3 Å². The first-order chi connectivity index (χ1) is 14.4. The third kappa shape index (κ3) is 5.54. The van der Waals surface area contributed by atoms with Crippen LogP contribution in [0, 0.1) is 13.8 Å². The van der Waals surface area contributed by atoms with Gasteiger partial charge in [0.25, 0.3) is 0 Å². The van der Waals surface area contributed by atoms with E-state index in [1.165, 1.54) is 11.1 Å². The molecule has 1 amide bonds. The third-order valence-electron chi connectivity index (χ3n) is 5.77. The molecule has 1 saturated heterocycles. The first-order valence-corrected chi connectivity index (χ1v) is 10.9. The zero-order valence-electron chi connectivity index (χ0n) is 18.3. The topological polar surface area (TPSA) is 53.6 Å². The van der Waals surface area contributed by atoms with Crippen molar-refractivity contribution >= 4 is 17.5 Å². The summed E-state index contributed by atoms with van der Waals surface area (Å²) in [7, 11) is 1.70. The first-order valence-electron chi connectivity index (χ1n) is 10.5. The number of likely N-dealkylation sites (N-methyl/N-ethyl adjacent to an activating group) is 1. The highest BCUT2D eigenvalue weighted by Crippen LogP contribution is 2.25. The highest BCUT2D eigenvalue weighted by molar-refractivity contribution is 6.30. The van der Waals surface area contributed by atoms with Crippen LogP contribution in [0.15, 0.2) is 36.4 Å². The van der Waals surface area contributed by atoms with Crippen LogP contribution < -0.4 is 15.4 Å². The maximum absolute atomic E-state index is 12.7. The maximum atomic E-state index is 12.7. The Labute approximate surface area is 184 Å². The molecule has 0 aromatic heterocycles.